The second-order valence-electron chi connectivity index (χ2n) is 23.8. The number of esters is 3. The van der Waals surface area contributed by atoms with E-state index in [1.165, 1.54) is 173 Å². The normalized spacial score (nSPS) is 12.7. The average Bonchev–Trinajstić information content (AvgIpc) is 3.49. The molecule has 0 aromatic carbocycles. The van der Waals surface area contributed by atoms with Crippen LogP contribution in [0.25, 0.3) is 0 Å². The summed E-state index contributed by atoms with van der Waals surface area (Å²) >= 11 is 0. The molecule has 0 spiro atoms. The van der Waals surface area contributed by atoms with Crippen LogP contribution in [0.5, 0.6) is 0 Å². The highest BCUT2D eigenvalue weighted by Crippen LogP contribution is 2.17. The van der Waals surface area contributed by atoms with E-state index in [9.17, 15) is 14.4 Å². The zero-order valence-corrected chi connectivity index (χ0v) is 54.9. The molecule has 0 amide bonds. The molecule has 83 heavy (non-hydrogen) atoms. The molecule has 0 aliphatic rings. The van der Waals surface area contributed by atoms with E-state index < -0.39 is 6.10 Å². The van der Waals surface area contributed by atoms with Gasteiger partial charge in [0.2, 0.25) is 0 Å². The maximum Gasteiger partial charge on any atom is 0.306 e. The molecule has 0 heterocycles. The largest absolute Gasteiger partial charge is 0.462 e. The van der Waals surface area contributed by atoms with Crippen molar-refractivity contribution in [3.63, 3.8) is 0 Å². The van der Waals surface area contributed by atoms with E-state index in [-0.39, 0.29) is 31.1 Å². The Balaban J connectivity index is 4.23. The second kappa shape index (κ2) is 70.8. The van der Waals surface area contributed by atoms with Crippen LogP contribution in [0.4, 0.5) is 0 Å². The van der Waals surface area contributed by atoms with Crippen molar-refractivity contribution in [3.8, 4) is 0 Å². The number of hydrogen-bond acceptors (Lipinski definition) is 6. The maximum atomic E-state index is 12.9. The first-order valence-corrected chi connectivity index (χ1v) is 35.7. The van der Waals surface area contributed by atoms with Crippen LogP contribution in [0.3, 0.4) is 0 Å². The first kappa shape index (κ1) is 79.3. The van der Waals surface area contributed by atoms with Gasteiger partial charge in [0.25, 0.3) is 0 Å². The quantitative estimate of drug-likeness (QED) is 0.0261. The molecule has 6 heteroatoms. The lowest BCUT2D eigenvalue weighted by Crippen LogP contribution is -2.30. The van der Waals surface area contributed by atoms with E-state index in [0.717, 1.165) is 141 Å². The highest BCUT2D eigenvalue weighted by atomic mass is 16.6. The molecule has 0 N–H and O–H groups in total. The predicted molar refractivity (Wildman–Crippen MR) is 362 cm³/mol. The van der Waals surface area contributed by atoms with Crippen LogP contribution in [0.15, 0.2) is 97.2 Å². The van der Waals surface area contributed by atoms with Gasteiger partial charge in [0.1, 0.15) is 13.2 Å². The molecule has 0 aliphatic carbocycles. The molecule has 0 aromatic rings. The van der Waals surface area contributed by atoms with Crippen LogP contribution in [-0.2, 0) is 28.6 Å². The second-order valence-corrected chi connectivity index (χ2v) is 23.8. The lowest BCUT2D eigenvalue weighted by atomic mass is 10.0. The van der Waals surface area contributed by atoms with E-state index in [1.807, 2.05) is 0 Å². The molecule has 0 rings (SSSR count). The Hall–Kier alpha value is -3.67. The van der Waals surface area contributed by atoms with Gasteiger partial charge < -0.3 is 14.2 Å². The Morgan fingerprint density at radius 2 is 0.494 bits per heavy atom. The Labute approximate surface area is 515 Å². The summed E-state index contributed by atoms with van der Waals surface area (Å²) in [5.41, 5.74) is 0. The maximum absolute atomic E-state index is 12.9. The van der Waals surface area contributed by atoms with E-state index in [4.69, 9.17) is 14.2 Å². The molecule has 478 valence electrons. The Kier molecular flexibility index (Phi) is 67.7. The molecule has 0 bridgehead atoms. The van der Waals surface area contributed by atoms with Gasteiger partial charge in [-0.1, -0.05) is 317 Å². The number of carbonyl (C=O) groups is 3. The third-order valence-electron chi connectivity index (χ3n) is 15.5. The molecule has 0 radical (unpaired) electrons. The fourth-order valence-electron chi connectivity index (χ4n) is 10.2. The molecular weight excluding hydrogens is 1020 g/mol. The summed E-state index contributed by atoms with van der Waals surface area (Å²) in [6, 6.07) is 0. The smallest absolute Gasteiger partial charge is 0.306 e. The molecule has 0 aliphatic heterocycles. The van der Waals surface area contributed by atoms with Crippen molar-refractivity contribution in [3.05, 3.63) is 97.2 Å². The summed E-state index contributed by atoms with van der Waals surface area (Å²) in [6.45, 7) is 6.47. The van der Waals surface area contributed by atoms with Crippen molar-refractivity contribution in [2.24, 2.45) is 0 Å². The number of allylic oxidation sites excluding steroid dienone is 16. The molecule has 6 nitrogen and oxygen atoms in total. The summed E-state index contributed by atoms with van der Waals surface area (Å²) in [4.78, 5) is 38.4. The Morgan fingerprint density at radius 1 is 0.253 bits per heavy atom. The summed E-state index contributed by atoms with van der Waals surface area (Å²) in [7, 11) is 0. The minimum atomic E-state index is -0.796. The van der Waals surface area contributed by atoms with Gasteiger partial charge in [-0.25, -0.2) is 0 Å². The standard InChI is InChI=1S/C77H134O6/c1-4-7-10-13-16-19-22-25-27-29-31-33-34-35-36-37-38-39-40-41-42-44-45-47-49-52-55-58-61-64-67-70-76(79)82-73-74(72-81-75(78)69-66-63-60-57-54-51-24-21-18-15-12-9-6-3)83-77(80)71-68-65-62-59-56-53-50-48-46-43-32-30-28-26-23-20-17-14-11-8-5-2/h8,11-12,15,17,20-21,24,26,28-29,31-32,43,48,50,74H,4-7,9-10,13-14,16,18-19,22-23,25,27,30,33-42,44-47,49,51-73H2,1-3H3/b11-8-,15-12-,20-17-,24-21-,28-26-,31-29-,43-32-,50-48-. The number of carbonyl (C=O) groups excluding carboxylic acids is 3. The number of ether oxygens (including phenoxy) is 3. The first-order chi connectivity index (χ1) is 41.0. The summed E-state index contributed by atoms with van der Waals surface area (Å²) in [6.07, 6.45) is 95.9. The lowest BCUT2D eigenvalue weighted by molar-refractivity contribution is -0.167. The van der Waals surface area contributed by atoms with Crippen LogP contribution in [0.1, 0.15) is 355 Å². The molecule has 0 saturated carbocycles. The van der Waals surface area contributed by atoms with Crippen molar-refractivity contribution < 1.29 is 28.6 Å². The third kappa shape index (κ3) is 69.0. The topological polar surface area (TPSA) is 78.9 Å². The highest BCUT2D eigenvalue weighted by molar-refractivity contribution is 5.71. The van der Waals surface area contributed by atoms with Gasteiger partial charge in [-0.2, -0.15) is 0 Å². The van der Waals surface area contributed by atoms with Crippen LogP contribution >= 0.6 is 0 Å². The van der Waals surface area contributed by atoms with Gasteiger partial charge in [-0.15, -0.1) is 0 Å². The molecule has 0 aromatic heterocycles. The van der Waals surface area contributed by atoms with Crippen molar-refractivity contribution in [1.29, 1.82) is 0 Å². The van der Waals surface area contributed by atoms with Gasteiger partial charge >= 0.3 is 17.9 Å². The van der Waals surface area contributed by atoms with Gasteiger partial charge in [0.05, 0.1) is 0 Å². The summed E-state index contributed by atoms with van der Waals surface area (Å²) in [5, 5.41) is 0. The zero-order chi connectivity index (χ0) is 59.9. The van der Waals surface area contributed by atoms with Crippen LogP contribution in [-0.4, -0.2) is 37.2 Å². The fraction of sp³-hybridized carbons (Fsp3) is 0.753. The monoisotopic (exact) mass is 1160 g/mol. The third-order valence-corrected chi connectivity index (χ3v) is 15.5. The number of unbranched alkanes of at least 4 members (excludes halogenated alkanes) is 38. The van der Waals surface area contributed by atoms with Gasteiger partial charge in [-0.05, 0) is 116 Å². The van der Waals surface area contributed by atoms with Crippen molar-refractivity contribution in [2.75, 3.05) is 13.2 Å². The zero-order valence-electron chi connectivity index (χ0n) is 54.9. The number of rotatable bonds is 65. The lowest BCUT2D eigenvalue weighted by Gasteiger charge is -2.18. The van der Waals surface area contributed by atoms with Crippen LogP contribution in [0.2, 0.25) is 0 Å². The minimum absolute atomic E-state index is 0.0881. The fourth-order valence-corrected chi connectivity index (χ4v) is 10.2. The van der Waals surface area contributed by atoms with Crippen molar-refractivity contribution in [1.82, 2.24) is 0 Å². The van der Waals surface area contributed by atoms with Crippen LogP contribution < -0.4 is 0 Å². The number of hydrogen-bond donors (Lipinski definition) is 0. The van der Waals surface area contributed by atoms with E-state index >= 15 is 0 Å². The van der Waals surface area contributed by atoms with Gasteiger partial charge in [-0.3, -0.25) is 14.4 Å². The van der Waals surface area contributed by atoms with Gasteiger partial charge in [0, 0.05) is 19.3 Å². The van der Waals surface area contributed by atoms with E-state index in [2.05, 4.69) is 118 Å². The average molecular weight is 1160 g/mol. The van der Waals surface area contributed by atoms with Crippen molar-refractivity contribution in [2.45, 2.75) is 361 Å². The minimum Gasteiger partial charge on any atom is -0.462 e. The van der Waals surface area contributed by atoms with E-state index in [0.29, 0.717) is 19.3 Å². The Bertz CT molecular complexity index is 1610. The molecule has 1 unspecified atom stereocenters. The van der Waals surface area contributed by atoms with E-state index in [1.54, 1.807) is 0 Å². The summed E-state index contributed by atoms with van der Waals surface area (Å²) < 4.78 is 16.9. The summed E-state index contributed by atoms with van der Waals surface area (Å²) in [5.74, 6) is -0.908. The van der Waals surface area contributed by atoms with Gasteiger partial charge in [0.15, 0.2) is 6.10 Å². The Morgan fingerprint density at radius 3 is 0.795 bits per heavy atom. The molecule has 0 fully saturated rings. The molecule has 0 saturated heterocycles. The predicted octanol–water partition coefficient (Wildman–Crippen LogP) is 24.8. The SMILES string of the molecule is CC/C=C\C/C=C\C/C=C\C/C=C\C/C=C\CCCCCCCC(=O)OC(COC(=O)CCCCCCC/C=C\C/C=C\CCC)COC(=O)CCCCCCCCCCCCCCCCCCCCC/C=C\CCCCCCCCCC. The molecular formula is C77H134O6. The van der Waals surface area contributed by atoms with Crippen LogP contribution in [0, 0.1) is 0 Å². The highest BCUT2D eigenvalue weighted by Gasteiger charge is 2.19. The molecule has 1 atom stereocenters. The first-order valence-electron chi connectivity index (χ1n) is 35.7. The van der Waals surface area contributed by atoms with Crippen molar-refractivity contribution >= 4 is 17.9 Å².